The van der Waals surface area contributed by atoms with Crippen LogP contribution in [0.2, 0.25) is 0 Å². The molecule has 1 saturated carbocycles. The fraction of sp³-hybridized carbons (Fsp3) is 0.316. The van der Waals surface area contributed by atoms with E-state index < -0.39 is 32.6 Å². The SMILES string of the molecule is COCCOc1ccc(F)cc1S(=O)(=O)NC(=O)[C@@H]1C[C@H]1c1ccc(Br)cc1. The minimum absolute atomic E-state index is 0.0340. The number of halogens is 2. The average molecular weight is 472 g/mol. The van der Waals surface area contributed by atoms with Crippen molar-refractivity contribution in [3.8, 4) is 5.75 Å². The lowest BCUT2D eigenvalue weighted by atomic mass is 10.1. The topological polar surface area (TPSA) is 81.7 Å². The third-order valence-electron chi connectivity index (χ3n) is 4.40. The van der Waals surface area contributed by atoms with E-state index in [0.717, 1.165) is 22.2 Å². The number of amides is 1. The third-order valence-corrected chi connectivity index (χ3v) is 6.30. The molecule has 3 rings (SSSR count). The third kappa shape index (κ3) is 4.89. The first-order chi connectivity index (χ1) is 13.3. The molecule has 2 aromatic rings. The second-order valence-corrected chi connectivity index (χ2v) is 8.97. The van der Waals surface area contributed by atoms with Crippen molar-refractivity contribution in [1.82, 2.24) is 4.72 Å². The largest absolute Gasteiger partial charge is 0.490 e. The quantitative estimate of drug-likeness (QED) is 0.597. The van der Waals surface area contributed by atoms with Gasteiger partial charge < -0.3 is 9.47 Å². The molecule has 1 fully saturated rings. The summed E-state index contributed by atoms with van der Waals surface area (Å²) in [6, 6.07) is 10.7. The van der Waals surface area contributed by atoms with Crippen LogP contribution < -0.4 is 9.46 Å². The standard InChI is InChI=1S/C19H19BrFNO5S/c1-26-8-9-27-17-7-6-14(21)10-18(17)28(24,25)22-19(23)16-11-15(16)12-2-4-13(20)5-3-12/h2-7,10,15-16H,8-9,11H2,1H3,(H,22,23)/t15-,16+/m0/s1. The maximum Gasteiger partial charge on any atom is 0.267 e. The minimum Gasteiger partial charge on any atom is -0.490 e. The molecular formula is C19H19BrFNO5S. The highest BCUT2D eigenvalue weighted by atomic mass is 79.9. The highest BCUT2D eigenvalue weighted by molar-refractivity contribution is 9.10. The molecule has 0 heterocycles. The van der Waals surface area contributed by atoms with Gasteiger partial charge in [-0.15, -0.1) is 0 Å². The number of rotatable bonds is 8. The van der Waals surface area contributed by atoms with Gasteiger partial charge in [0, 0.05) is 17.5 Å². The first-order valence-corrected chi connectivity index (χ1v) is 10.8. The van der Waals surface area contributed by atoms with Crippen molar-refractivity contribution < 1.29 is 27.1 Å². The lowest BCUT2D eigenvalue weighted by Crippen LogP contribution is -2.32. The predicted molar refractivity (Wildman–Crippen MR) is 104 cm³/mol. The molecule has 6 nitrogen and oxygen atoms in total. The van der Waals surface area contributed by atoms with E-state index in [4.69, 9.17) is 9.47 Å². The van der Waals surface area contributed by atoms with Crippen LogP contribution in [0.25, 0.3) is 0 Å². The molecule has 1 aliphatic carbocycles. The normalized spacial score (nSPS) is 18.5. The molecule has 0 aliphatic heterocycles. The molecule has 1 N–H and O–H groups in total. The van der Waals surface area contributed by atoms with Gasteiger partial charge in [0.1, 0.15) is 23.1 Å². The Bertz CT molecular complexity index is 965. The number of carbonyl (C=O) groups is 1. The second-order valence-electron chi connectivity index (χ2n) is 6.40. The van der Waals surface area contributed by atoms with Crippen LogP contribution in [-0.2, 0) is 19.6 Å². The van der Waals surface area contributed by atoms with Gasteiger partial charge in [-0.1, -0.05) is 28.1 Å². The van der Waals surface area contributed by atoms with E-state index >= 15 is 0 Å². The Morgan fingerprint density at radius 2 is 1.93 bits per heavy atom. The van der Waals surface area contributed by atoms with Gasteiger partial charge >= 0.3 is 0 Å². The van der Waals surface area contributed by atoms with Crippen molar-refractivity contribution in [3.05, 3.63) is 58.3 Å². The maximum absolute atomic E-state index is 13.6. The fourth-order valence-electron chi connectivity index (χ4n) is 2.87. The predicted octanol–water partition coefficient (Wildman–Crippen LogP) is 3.22. The molecular weight excluding hydrogens is 453 g/mol. The molecule has 150 valence electrons. The van der Waals surface area contributed by atoms with Crippen molar-refractivity contribution in [1.29, 1.82) is 0 Å². The number of hydrogen-bond donors (Lipinski definition) is 1. The van der Waals surface area contributed by atoms with Crippen LogP contribution in [0.15, 0.2) is 51.8 Å². The molecule has 0 bridgehead atoms. The highest BCUT2D eigenvalue weighted by Gasteiger charge is 2.45. The Balaban J connectivity index is 1.72. The number of carbonyl (C=O) groups excluding carboxylic acids is 1. The van der Waals surface area contributed by atoms with Gasteiger partial charge in [-0.25, -0.2) is 17.5 Å². The van der Waals surface area contributed by atoms with E-state index in [-0.39, 0.29) is 24.9 Å². The van der Waals surface area contributed by atoms with Crippen LogP contribution in [0.3, 0.4) is 0 Å². The van der Waals surface area contributed by atoms with E-state index in [9.17, 15) is 17.6 Å². The Kier molecular flexibility index (Phi) is 6.36. The Morgan fingerprint density at radius 1 is 1.21 bits per heavy atom. The van der Waals surface area contributed by atoms with Crippen LogP contribution in [0.4, 0.5) is 4.39 Å². The van der Waals surface area contributed by atoms with Crippen LogP contribution in [-0.4, -0.2) is 34.6 Å². The first kappa shape index (κ1) is 20.8. The molecule has 28 heavy (non-hydrogen) atoms. The Hall–Kier alpha value is -1.97. The van der Waals surface area contributed by atoms with E-state index in [1.165, 1.54) is 13.2 Å². The summed E-state index contributed by atoms with van der Waals surface area (Å²) in [6.07, 6.45) is 0.559. The highest BCUT2D eigenvalue weighted by Crippen LogP contribution is 2.47. The summed E-state index contributed by atoms with van der Waals surface area (Å²) in [5, 5.41) is 0. The van der Waals surface area contributed by atoms with E-state index in [2.05, 4.69) is 15.9 Å². The summed E-state index contributed by atoms with van der Waals surface area (Å²) in [4.78, 5) is 12.0. The van der Waals surface area contributed by atoms with E-state index in [1.54, 1.807) is 0 Å². The lowest BCUT2D eigenvalue weighted by Gasteiger charge is -2.13. The van der Waals surface area contributed by atoms with Crippen molar-refractivity contribution in [2.75, 3.05) is 20.3 Å². The Labute approximate surface area is 171 Å². The average Bonchev–Trinajstić information content (AvgIpc) is 3.44. The number of methoxy groups -OCH3 is 1. The molecule has 1 amide bonds. The van der Waals surface area contributed by atoms with Gasteiger partial charge in [-0.05, 0) is 48.2 Å². The van der Waals surface area contributed by atoms with Crippen LogP contribution in [0, 0.1) is 11.7 Å². The van der Waals surface area contributed by atoms with Crippen molar-refractivity contribution >= 4 is 31.9 Å². The molecule has 9 heteroatoms. The van der Waals surface area contributed by atoms with Crippen LogP contribution >= 0.6 is 15.9 Å². The van der Waals surface area contributed by atoms with E-state index in [0.29, 0.717) is 6.42 Å². The smallest absolute Gasteiger partial charge is 0.267 e. The summed E-state index contributed by atoms with van der Waals surface area (Å²) >= 11 is 3.35. The van der Waals surface area contributed by atoms with Gasteiger partial charge in [0.15, 0.2) is 0 Å². The lowest BCUT2D eigenvalue weighted by molar-refractivity contribution is -0.120. The molecule has 1 aliphatic rings. The molecule has 2 atom stereocenters. The monoisotopic (exact) mass is 471 g/mol. The zero-order valence-electron chi connectivity index (χ0n) is 15.0. The summed E-state index contributed by atoms with van der Waals surface area (Å²) in [7, 11) is -2.80. The maximum atomic E-state index is 13.6. The van der Waals surface area contributed by atoms with Gasteiger partial charge in [0.25, 0.3) is 10.0 Å². The minimum atomic E-state index is -4.28. The fourth-order valence-corrected chi connectivity index (χ4v) is 4.32. The zero-order chi connectivity index (χ0) is 20.3. The second kappa shape index (κ2) is 8.59. The van der Waals surface area contributed by atoms with Gasteiger partial charge in [0.05, 0.1) is 6.61 Å². The molecule has 2 aromatic carbocycles. The zero-order valence-corrected chi connectivity index (χ0v) is 17.4. The molecule has 0 aromatic heterocycles. The molecule has 0 unspecified atom stereocenters. The Morgan fingerprint density at radius 3 is 2.61 bits per heavy atom. The molecule has 0 saturated heterocycles. The molecule has 0 spiro atoms. The van der Waals surface area contributed by atoms with Crippen LogP contribution in [0.5, 0.6) is 5.75 Å². The number of hydrogen-bond acceptors (Lipinski definition) is 5. The molecule has 0 radical (unpaired) electrons. The van der Waals surface area contributed by atoms with E-state index in [1.807, 2.05) is 29.0 Å². The summed E-state index contributed by atoms with van der Waals surface area (Å²) in [5.41, 5.74) is 0.968. The van der Waals surface area contributed by atoms with Gasteiger partial charge in [0.2, 0.25) is 5.91 Å². The first-order valence-electron chi connectivity index (χ1n) is 8.55. The number of nitrogens with one attached hydrogen (secondary N) is 1. The van der Waals surface area contributed by atoms with Crippen molar-refractivity contribution in [2.24, 2.45) is 5.92 Å². The van der Waals surface area contributed by atoms with Crippen LogP contribution in [0.1, 0.15) is 17.9 Å². The van der Waals surface area contributed by atoms with Gasteiger partial charge in [-0.3, -0.25) is 4.79 Å². The van der Waals surface area contributed by atoms with Crippen molar-refractivity contribution in [3.63, 3.8) is 0 Å². The number of benzene rings is 2. The summed E-state index contributed by atoms with van der Waals surface area (Å²) in [6.45, 7) is 0.326. The van der Waals surface area contributed by atoms with Gasteiger partial charge in [-0.2, -0.15) is 0 Å². The summed E-state index contributed by atoms with van der Waals surface area (Å²) < 4.78 is 52.1. The van der Waals surface area contributed by atoms with Crippen molar-refractivity contribution in [2.45, 2.75) is 17.2 Å². The number of sulfonamides is 1. The summed E-state index contributed by atoms with van der Waals surface area (Å²) in [5.74, 6) is -1.87. The number of ether oxygens (including phenoxy) is 2.